The predicted molar refractivity (Wildman–Crippen MR) is 125 cm³/mol. The van der Waals surface area contributed by atoms with Crippen LogP contribution in [0.3, 0.4) is 0 Å². The second-order valence-electron chi connectivity index (χ2n) is 6.90. The average Bonchev–Trinajstić information content (AvgIpc) is 2.77. The number of carbonyl (C=O) groups excluding carboxylic acids is 1. The van der Waals surface area contributed by atoms with E-state index >= 15 is 0 Å². The number of ether oxygens (including phenoxy) is 2. The third-order valence-electron chi connectivity index (χ3n) is 4.64. The van der Waals surface area contributed by atoms with E-state index < -0.39 is 17.2 Å². The summed E-state index contributed by atoms with van der Waals surface area (Å²) in [7, 11) is 1.23. The molecule has 3 rings (SSSR count). The van der Waals surface area contributed by atoms with Crippen molar-refractivity contribution in [2.75, 3.05) is 29.0 Å². The van der Waals surface area contributed by atoms with E-state index in [0.29, 0.717) is 29.4 Å². The van der Waals surface area contributed by atoms with Crippen LogP contribution < -0.4 is 20.1 Å². The largest absolute Gasteiger partial charge is 0.755 e. The van der Waals surface area contributed by atoms with E-state index in [1.807, 2.05) is 13.8 Å². The molecular formula is C23H24N3O5S-. The van der Waals surface area contributed by atoms with E-state index in [-0.39, 0.29) is 11.3 Å². The highest BCUT2D eigenvalue weighted by atomic mass is 32.2. The van der Waals surface area contributed by atoms with E-state index in [9.17, 15) is 13.6 Å². The van der Waals surface area contributed by atoms with Crippen LogP contribution in [0.4, 0.5) is 22.7 Å². The molecule has 0 spiro atoms. The Labute approximate surface area is 189 Å². The fourth-order valence-corrected chi connectivity index (χ4v) is 3.71. The van der Waals surface area contributed by atoms with E-state index in [2.05, 4.69) is 5.32 Å². The molecule has 0 aliphatic carbocycles. The van der Waals surface area contributed by atoms with Crippen LogP contribution in [-0.2, 0) is 16.0 Å². The number of carbonyl (C=O) groups is 1. The van der Waals surface area contributed by atoms with Crippen LogP contribution in [0, 0.1) is 6.92 Å². The minimum absolute atomic E-state index is 0.0390. The summed E-state index contributed by atoms with van der Waals surface area (Å²) in [6.45, 7) is 4.54. The van der Waals surface area contributed by atoms with Crippen LogP contribution in [0.2, 0.25) is 0 Å². The molecule has 168 valence electrons. The van der Waals surface area contributed by atoms with Crippen LogP contribution in [0.25, 0.3) is 0 Å². The lowest BCUT2D eigenvalue weighted by Crippen LogP contribution is -2.22. The Balaban J connectivity index is 2.02. The highest BCUT2D eigenvalue weighted by molar-refractivity contribution is 7.81. The number of nitrogens with two attached hydrogens (primary N) is 1. The van der Waals surface area contributed by atoms with Gasteiger partial charge >= 0.3 is 5.97 Å². The fraction of sp³-hybridized carbons (Fsp3) is 0.174. The lowest BCUT2D eigenvalue weighted by Gasteiger charge is -2.28. The number of rotatable bonds is 8. The molecule has 0 bridgehead atoms. The molecule has 3 aromatic carbocycles. The van der Waals surface area contributed by atoms with Gasteiger partial charge in [0.2, 0.25) is 0 Å². The second kappa shape index (κ2) is 10.2. The van der Waals surface area contributed by atoms with E-state index in [0.717, 1.165) is 15.6 Å². The zero-order valence-electron chi connectivity index (χ0n) is 18.0. The number of esters is 1. The standard InChI is InChI=1S/C23H25N3O5S/c1-4-25-21-14-18(9-11-20(21)24)31-17-10-12-22(19(13-17)23(27)30-3)26(32(28)29)16-7-5-15(2)6-8-16/h5-14,25H,4,24H2,1-3H3,(H,28,29)/p-1. The molecular weight excluding hydrogens is 430 g/mol. The monoisotopic (exact) mass is 454 g/mol. The Bertz CT molecular complexity index is 1130. The molecule has 9 heteroatoms. The number of hydrogen-bond donors (Lipinski definition) is 2. The number of nitrogens with one attached hydrogen (secondary N) is 1. The second-order valence-corrected chi connectivity index (χ2v) is 7.70. The number of methoxy groups -OCH3 is 1. The van der Waals surface area contributed by atoms with Gasteiger partial charge in [0.05, 0.1) is 46.7 Å². The molecule has 0 aliphatic rings. The van der Waals surface area contributed by atoms with Crippen molar-refractivity contribution >= 4 is 40.0 Å². The summed E-state index contributed by atoms with van der Waals surface area (Å²) in [5, 5.41) is 3.15. The lowest BCUT2D eigenvalue weighted by atomic mass is 10.1. The van der Waals surface area contributed by atoms with E-state index in [1.54, 1.807) is 48.5 Å². The minimum Gasteiger partial charge on any atom is -0.755 e. The number of nitrogens with zero attached hydrogens (tertiary/aromatic N) is 1. The minimum atomic E-state index is -2.68. The summed E-state index contributed by atoms with van der Waals surface area (Å²) in [5.41, 5.74) is 8.80. The van der Waals surface area contributed by atoms with Crippen molar-refractivity contribution in [2.24, 2.45) is 0 Å². The number of anilines is 4. The molecule has 32 heavy (non-hydrogen) atoms. The van der Waals surface area contributed by atoms with Gasteiger partial charge in [0.25, 0.3) is 0 Å². The van der Waals surface area contributed by atoms with Crippen molar-refractivity contribution in [3.8, 4) is 11.5 Å². The van der Waals surface area contributed by atoms with Gasteiger partial charge in [-0.3, -0.25) is 8.51 Å². The molecule has 0 heterocycles. The zero-order valence-corrected chi connectivity index (χ0v) is 18.8. The summed E-state index contributed by atoms with van der Waals surface area (Å²) in [6.07, 6.45) is 0. The Morgan fingerprint density at radius 2 is 1.75 bits per heavy atom. The molecule has 0 amide bonds. The maximum Gasteiger partial charge on any atom is 0.340 e. The van der Waals surface area contributed by atoms with Gasteiger partial charge in [-0.1, -0.05) is 17.7 Å². The van der Waals surface area contributed by atoms with Crippen molar-refractivity contribution < 1.29 is 23.0 Å². The van der Waals surface area contributed by atoms with Crippen molar-refractivity contribution in [1.82, 2.24) is 0 Å². The molecule has 0 radical (unpaired) electrons. The Kier molecular flexibility index (Phi) is 7.34. The van der Waals surface area contributed by atoms with Gasteiger partial charge in [0.15, 0.2) is 0 Å². The van der Waals surface area contributed by atoms with Gasteiger partial charge in [-0.25, -0.2) is 4.79 Å². The van der Waals surface area contributed by atoms with Gasteiger partial charge in [0, 0.05) is 12.6 Å². The molecule has 0 aliphatic heterocycles. The van der Waals surface area contributed by atoms with Gasteiger partial charge in [-0.05, 0) is 56.3 Å². The van der Waals surface area contributed by atoms with E-state index in [4.69, 9.17) is 15.2 Å². The average molecular weight is 455 g/mol. The third-order valence-corrected chi connectivity index (χ3v) is 5.34. The third kappa shape index (κ3) is 5.19. The summed E-state index contributed by atoms with van der Waals surface area (Å²) < 4.78 is 36.0. The number of hydrogen-bond acceptors (Lipinski definition) is 7. The predicted octanol–water partition coefficient (Wildman–Crippen LogP) is 4.52. The molecule has 0 saturated heterocycles. The van der Waals surface area contributed by atoms with Crippen LogP contribution >= 0.6 is 0 Å². The first-order valence-corrected chi connectivity index (χ1v) is 10.9. The Morgan fingerprint density at radius 1 is 1.09 bits per heavy atom. The summed E-state index contributed by atoms with van der Waals surface area (Å²) in [6, 6.07) is 16.6. The van der Waals surface area contributed by atoms with Crippen molar-refractivity contribution in [3.63, 3.8) is 0 Å². The maximum atomic E-state index is 12.5. The topological polar surface area (TPSA) is 117 Å². The summed E-state index contributed by atoms with van der Waals surface area (Å²) in [4.78, 5) is 12.5. The molecule has 3 aromatic rings. The zero-order chi connectivity index (χ0) is 23.3. The molecule has 8 nitrogen and oxygen atoms in total. The lowest BCUT2D eigenvalue weighted by molar-refractivity contribution is 0.0601. The smallest absolute Gasteiger partial charge is 0.340 e. The van der Waals surface area contributed by atoms with Crippen LogP contribution in [0.15, 0.2) is 60.7 Å². The quantitative estimate of drug-likeness (QED) is 0.292. The first-order valence-electron chi connectivity index (χ1n) is 9.83. The number of aryl methyl sites for hydroxylation is 1. The van der Waals surface area contributed by atoms with Crippen molar-refractivity contribution in [3.05, 3.63) is 71.8 Å². The van der Waals surface area contributed by atoms with Gasteiger partial charge < -0.3 is 25.1 Å². The maximum absolute atomic E-state index is 12.5. The first-order chi connectivity index (χ1) is 15.3. The summed E-state index contributed by atoms with van der Waals surface area (Å²) in [5.74, 6) is 0.141. The number of nitrogen functional groups attached to an aromatic ring is 1. The first kappa shape index (κ1) is 23.1. The SMILES string of the molecule is CCNc1cc(Oc2ccc(N(c3ccc(C)cc3)S(=O)[O-])c(C(=O)OC)c2)ccc1N. The summed E-state index contributed by atoms with van der Waals surface area (Å²) >= 11 is -2.68. The molecule has 0 aromatic heterocycles. The van der Waals surface area contributed by atoms with Crippen molar-refractivity contribution in [1.29, 1.82) is 0 Å². The van der Waals surface area contributed by atoms with Gasteiger partial charge in [0.1, 0.15) is 11.5 Å². The normalized spacial score (nSPS) is 11.5. The highest BCUT2D eigenvalue weighted by Crippen LogP contribution is 2.35. The molecule has 1 atom stereocenters. The Hall–Kier alpha value is -3.56. The molecule has 0 saturated carbocycles. The van der Waals surface area contributed by atoms with Gasteiger partial charge in [-0.15, -0.1) is 0 Å². The highest BCUT2D eigenvalue weighted by Gasteiger charge is 2.21. The molecule has 0 fully saturated rings. The van der Waals surface area contributed by atoms with Crippen LogP contribution in [-0.4, -0.2) is 28.4 Å². The van der Waals surface area contributed by atoms with Crippen LogP contribution in [0.1, 0.15) is 22.8 Å². The van der Waals surface area contributed by atoms with Crippen LogP contribution in [0.5, 0.6) is 11.5 Å². The van der Waals surface area contributed by atoms with E-state index in [1.165, 1.54) is 19.2 Å². The van der Waals surface area contributed by atoms with Gasteiger partial charge in [-0.2, -0.15) is 0 Å². The number of benzene rings is 3. The molecule has 1 unspecified atom stereocenters. The van der Waals surface area contributed by atoms with Crippen molar-refractivity contribution in [2.45, 2.75) is 13.8 Å². The Morgan fingerprint density at radius 3 is 2.38 bits per heavy atom. The fourth-order valence-electron chi connectivity index (χ4n) is 3.09. The molecule has 3 N–H and O–H groups in total.